The summed E-state index contributed by atoms with van der Waals surface area (Å²) in [5.74, 6) is 0.333. The third kappa shape index (κ3) is 8.53. The molecule has 3 N–H and O–H groups in total. The van der Waals surface area contributed by atoms with Gasteiger partial charge >= 0.3 is 0 Å². The molecule has 268 valence electrons. The number of aromatic nitrogens is 3. The number of carbonyl (C=O) groups excluding carboxylic acids is 2. The third-order valence-corrected chi connectivity index (χ3v) is 9.44. The number of ether oxygens (including phenoxy) is 2. The van der Waals surface area contributed by atoms with Gasteiger partial charge in [0.1, 0.15) is 17.1 Å². The number of methoxy groups -OCH3 is 2. The molecule has 1 saturated carbocycles. The molecule has 0 radical (unpaired) electrons. The average molecular weight is 735 g/mol. The highest BCUT2D eigenvalue weighted by Crippen LogP contribution is 2.45. The lowest BCUT2D eigenvalue weighted by Crippen LogP contribution is -2.32. The highest BCUT2D eigenvalue weighted by atomic mass is 35.5. The molecule has 14 heteroatoms. The Labute approximate surface area is 306 Å². The number of likely N-dealkylation sites (N-methyl/N-ethyl adjacent to an activating group) is 1. The van der Waals surface area contributed by atoms with Gasteiger partial charge in [0.15, 0.2) is 0 Å². The van der Waals surface area contributed by atoms with E-state index in [-0.39, 0.29) is 56.5 Å². The Morgan fingerprint density at radius 2 is 1.82 bits per heavy atom. The zero-order chi connectivity index (χ0) is 36.8. The fraction of sp³-hybridized carbons (Fsp3) is 0.324. The summed E-state index contributed by atoms with van der Waals surface area (Å²) < 4.78 is 12.6. The van der Waals surface area contributed by atoms with Crippen molar-refractivity contribution in [3.8, 4) is 22.6 Å². The van der Waals surface area contributed by atoms with Crippen LogP contribution in [0.15, 0.2) is 66.1 Å². The summed E-state index contributed by atoms with van der Waals surface area (Å²) in [5, 5.41) is 10.0. The van der Waals surface area contributed by atoms with Crippen LogP contribution in [0.1, 0.15) is 24.8 Å². The maximum Gasteiger partial charge on any atom is 0.260 e. The number of carbonyl (C=O) groups is 2. The van der Waals surface area contributed by atoms with Gasteiger partial charge in [-0.05, 0) is 70.0 Å². The molecule has 2 atom stereocenters. The summed E-state index contributed by atoms with van der Waals surface area (Å²) in [6.45, 7) is 6.39. The van der Waals surface area contributed by atoms with E-state index in [0.717, 1.165) is 18.4 Å². The van der Waals surface area contributed by atoms with Crippen LogP contribution in [0, 0.1) is 12.8 Å². The number of nitrogens with one attached hydrogen (secondary N) is 3. The number of anilines is 3. The van der Waals surface area contributed by atoms with Gasteiger partial charge < -0.3 is 30.3 Å². The van der Waals surface area contributed by atoms with Gasteiger partial charge in [0.05, 0.1) is 41.2 Å². The topological polar surface area (TPSA) is 140 Å². The van der Waals surface area contributed by atoms with Gasteiger partial charge in [-0.15, -0.1) is 0 Å². The SMILES string of the molecule is C=CC(=O)Nc1cccc(C)c1Nc1ncc2cc(-c3c(Cl)c(OC)cc(OC)c3Cl)c(=O)n(CC3CCC(NC(=O)/C=C/CN(C)C)C3)c2n1. The molecule has 2 aromatic heterocycles. The van der Waals surface area contributed by atoms with Crippen LogP contribution >= 0.6 is 23.2 Å². The van der Waals surface area contributed by atoms with Gasteiger partial charge in [0.25, 0.3) is 5.56 Å². The summed E-state index contributed by atoms with van der Waals surface area (Å²) in [5.41, 5.74) is 2.44. The van der Waals surface area contributed by atoms with Crippen LogP contribution in [0.2, 0.25) is 10.0 Å². The maximum absolute atomic E-state index is 14.6. The smallest absolute Gasteiger partial charge is 0.260 e. The number of hydrogen-bond acceptors (Lipinski definition) is 9. The van der Waals surface area contributed by atoms with Crippen molar-refractivity contribution < 1.29 is 19.1 Å². The highest BCUT2D eigenvalue weighted by Gasteiger charge is 2.29. The van der Waals surface area contributed by atoms with E-state index in [1.807, 2.05) is 44.1 Å². The molecule has 5 rings (SSSR count). The minimum atomic E-state index is -0.375. The number of aryl methyl sites for hydroxylation is 1. The number of pyridine rings is 1. The molecule has 1 aliphatic carbocycles. The van der Waals surface area contributed by atoms with Crippen LogP contribution in [0.4, 0.5) is 17.3 Å². The van der Waals surface area contributed by atoms with Crippen LogP contribution in [-0.4, -0.2) is 72.2 Å². The predicted molar refractivity (Wildman–Crippen MR) is 203 cm³/mol. The zero-order valence-electron chi connectivity index (χ0n) is 29.2. The number of halogens is 2. The standard InChI is InChI=1S/C37H41Cl2N7O5/c1-7-29(47)42-26-11-8-10-21(2)34(26)43-37-40-19-23-17-25(31-32(38)27(50-5)18-28(51-6)33(31)39)36(49)46(35(23)44-37)20-22-13-14-24(16-22)41-30(48)12-9-15-45(3)4/h7-12,17-19,22,24H,1,13-16,20H2,2-6H3,(H,41,48)(H,42,47)(H,40,43,44)/b12-9+. The molecule has 51 heavy (non-hydrogen) atoms. The predicted octanol–water partition coefficient (Wildman–Crippen LogP) is 6.36. The van der Waals surface area contributed by atoms with Crippen molar-refractivity contribution in [2.75, 3.05) is 45.5 Å². The van der Waals surface area contributed by atoms with Crippen molar-refractivity contribution in [3.05, 3.63) is 87.3 Å². The first kappa shape index (κ1) is 37.3. The van der Waals surface area contributed by atoms with E-state index in [4.69, 9.17) is 37.7 Å². The lowest BCUT2D eigenvalue weighted by atomic mass is 10.0. The van der Waals surface area contributed by atoms with Crippen LogP contribution in [0.3, 0.4) is 0 Å². The molecule has 12 nitrogen and oxygen atoms in total. The lowest BCUT2D eigenvalue weighted by molar-refractivity contribution is -0.117. The lowest BCUT2D eigenvalue weighted by Gasteiger charge is -2.19. The Bertz CT molecular complexity index is 2040. The molecule has 2 amide bonds. The molecule has 1 aliphatic rings. The largest absolute Gasteiger partial charge is 0.495 e. The van der Waals surface area contributed by atoms with E-state index in [1.54, 1.807) is 35.0 Å². The first-order chi connectivity index (χ1) is 24.4. The molecule has 4 aromatic rings. The monoisotopic (exact) mass is 733 g/mol. The van der Waals surface area contributed by atoms with Crippen LogP contribution in [-0.2, 0) is 16.1 Å². The molecular formula is C37H41Cl2N7O5. The quantitative estimate of drug-likeness (QED) is 0.134. The number of para-hydroxylation sites is 1. The molecule has 0 spiro atoms. The Hall–Kier alpha value is -4.91. The number of amides is 2. The Balaban J connectivity index is 1.58. The van der Waals surface area contributed by atoms with E-state index in [0.29, 0.717) is 53.4 Å². The van der Waals surface area contributed by atoms with Crippen molar-refractivity contribution in [2.24, 2.45) is 5.92 Å². The molecule has 2 aromatic carbocycles. The van der Waals surface area contributed by atoms with Crippen LogP contribution < -0.4 is 31.0 Å². The number of fused-ring (bicyclic) bond motifs is 1. The molecule has 0 aliphatic heterocycles. The van der Waals surface area contributed by atoms with Crippen molar-refractivity contribution in [2.45, 2.75) is 38.8 Å². The second kappa shape index (κ2) is 16.4. The van der Waals surface area contributed by atoms with E-state index >= 15 is 0 Å². The number of nitrogens with zero attached hydrogens (tertiary/aromatic N) is 4. The first-order valence-electron chi connectivity index (χ1n) is 16.4. The second-order valence-electron chi connectivity index (χ2n) is 12.6. The van der Waals surface area contributed by atoms with Crippen molar-refractivity contribution in [3.63, 3.8) is 0 Å². The fourth-order valence-corrected chi connectivity index (χ4v) is 6.88. The molecule has 1 fully saturated rings. The molecule has 0 bridgehead atoms. The average Bonchev–Trinajstić information content (AvgIpc) is 3.54. The summed E-state index contributed by atoms with van der Waals surface area (Å²) in [6.07, 6.45) is 8.40. The highest BCUT2D eigenvalue weighted by molar-refractivity contribution is 6.41. The van der Waals surface area contributed by atoms with Gasteiger partial charge in [-0.2, -0.15) is 4.98 Å². The number of benzene rings is 2. The Kier molecular flexibility index (Phi) is 12.0. The van der Waals surface area contributed by atoms with E-state index in [9.17, 15) is 14.4 Å². The summed E-state index contributed by atoms with van der Waals surface area (Å²) in [6, 6.07) is 8.64. The first-order valence-corrected chi connectivity index (χ1v) is 17.1. The van der Waals surface area contributed by atoms with Gasteiger partial charge in [0, 0.05) is 48.4 Å². The van der Waals surface area contributed by atoms with Crippen LogP contribution in [0.25, 0.3) is 22.2 Å². The van der Waals surface area contributed by atoms with E-state index in [1.165, 1.54) is 20.3 Å². The Morgan fingerprint density at radius 1 is 1.10 bits per heavy atom. The van der Waals surface area contributed by atoms with Gasteiger partial charge in [-0.1, -0.05) is 48.0 Å². The van der Waals surface area contributed by atoms with Crippen molar-refractivity contribution in [1.29, 1.82) is 0 Å². The van der Waals surface area contributed by atoms with E-state index in [2.05, 4.69) is 27.5 Å². The minimum Gasteiger partial charge on any atom is -0.495 e. The summed E-state index contributed by atoms with van der Waals surface area (Å²) in [4.78, 5) is 50.7. The van der Waals surface area contributed by atoms with Gasteiger partial charge in [0.2, 0.25) is 17.8 Å². The number of hydrogen-bond donors (Lipinski definition) is 3. The number of rotatable bonds is 13. The van der Waals surface area contributed by atoms with Crippen molar-refractivity contribution >= 4 is 63.4 Å². The van der Waals surface area contributed by atoms with E-state index < -0.39 is 0 Å². The third-order valence-electron chi connectivity index (χ3n) is 8.69. The summed E-state index contributed by atoms with van der Waals surface area (Å²) >= 11 is 13.6. The zero-order valence-corrected chi connectivity index (χ0v) is 30.7. The Morgan fingerprint density at radius 3 is 2.49 bits per heavy atom. The van der Waals surface area contributed by atoms with Crippen LogP contribution in [0.5, 0.6) is 11.5 Å². The molecule has 0 saturated heterocycles. The van der Waals surface area contributed by atoms with Gasteiger partial charge in [-0.3, -0.25) is 19.0 Å². The second-order valence-corrected chi connectivity index (χ2v) is 13.4. The molecule has 2 unspecified atom stereocenters. The maximum atomic E-state index is 14.6. The fourth-order valence-electron chi connectivity index (χ4n) is 6.17. The minimum absolute atomic E-state index is 0.0414. The molecule has 2 heterocycles. The van der Waals surface area contributed by atoms with Crippen molar-refractivity contribution in [1.82, 2.24) is 24.8 Å². The summed E-state index contributed by atoms with van der Waals surface area (Å²) in [7, 11) is 6.81. The molecular weight excluding hydrogens is 693 g/mol. The normalized spacial score (nSPS) is 15.7. The van der Waals surface area contributed by atoms with Gasteiger partial charge in [-0.25, -0.2) is 4.98 Å².